The highest BCUT2D eigenvalue weighted by atomic mass is 35.5. The standard InChI is InChI=1S/C12H15Cl2NO/c1-3-8(2)15-7-12(16)10-5-4-9(13)6-11(10)14/h4-6,8,15H,3,7H2,1-2H3. The summed E-state index contributed by atoms with van der Waals surface area (Å²) in [4.78, 5) is 11.8. The molecule has 1 aromatic rings. The number of benzene rings is 1. The number of hydrogen-bond acceptors (Lipinski definition) is 2. The summed E-state index contributed by atoms with van der Waals surface area (Å²) >= 11 is 11.7. The number of rotatable bonds is 5. The predicted octanol–water partition coefficient (Wildman–Crippen LogP) is 3.56. The van der Waals surface area contributed by atoms with Crippen molar-refractivity contribution in [3.05, 3.63) is 33.8 Å². The van der Waals surface area contributed by atoms with Crippen molar-refractivity contribution in [2.75, 3.05) is 6.54 Å². The lowest BCUT2D eigenvalue weighted by Gasteiger charge is -2.10. The Hall–Kier alpha value is -0.570. The summed E-state index contributed by atoms with van der Waals surface area (Å²) in [7, 11) is 0. The monoisotopic (exact) mass is 259 g/mol. The van der Waals surface area contributed by atoms with Crippen LogP contribution >= 0.6 is 23.2 Å². The molecular weight excluding hydrogens is 245 g/mol. The maximum Gasteiger partial charge on any atom is 0.178 e. The van der Waals surface area contributed by atoms with Crippen LogP contribution in [0.1, 0.15) is 30.6 Å². The molecule has 1 N–H and O–H groups in total. The van der Waals surface area contributed by atoms with Crippen LogP contribution in [0.2, 0.25) is 10.0 Å². The smallest absolute Gasteiger partial charge is 0.178 e. The summed E-state index contributed by atoms with van der Waals surface area (Å²) in [6.45, 7) is 4.41. The van der Waals surface area contributed by atoms with Crippen molar-refractivity contribution in [3.8, 4) is 0 Å². The van der Waals surface area contributed by atoms with Gasteiger partial charge in [0.2, 0.25) is 0 Å². The van der Waals surface area contributed by atoms with Gasteiger partial charge in [-0.3, -0.25) is 4.79 Å². The van der Waals surface area contributed by atoms with E-state index in [1.165, 1.54) is 0 Å². The summed E-state index contributed by atoms with van der Waals surface area (Å²) < 4.78 is 0. The molecule has 1 atom stereocenters. The van der Waals surface area contributed by atoms with Crippen LogP contribution in [0.15, 0.2) is 18.2 Å². The van der Waals surface area contributed by atoms with Gasteiger partial charge in [0.25, 0.3) is 0 Å². The molecule has 0 bridgehead atoms. The molecule has 88 valence electrons. The van der Waals surface area contributed by atoms with Crippen molar-refractivity contribution in [1.82, 2.24) is 5.32 Å². The van der Waals surface area contributed by atoms with E-state index in [1.807, 2.05) is 6.92 Å². The molecule has 0 radical (unpaired) electrons. The second-order valence-corrected chi connectivity index (χ2v) is 4.58. The molecule has 0 saturated carbocycles. The number of Topliss-reactive ketones (excluding diaryl/α,β-unsaturated/α-hetero) is 1. The topological polar surface area (TPSA) is 29.1 Å². The molecule has 0 aliphatic heterocycles. The molecule has 1 unspecified atom stereocenters. The maximum atomic E-state index is 11.8. The zero-order chi connectivity index (χ0) is 12.1. The second-order valence-electron chi connectivity index (χ2n) is 3.74. The molecule has 2 nitrogen and oxygen atoms in total. The van der Waals surface area contributed by atoms with E-state index in [1.54, 1.807) is 18.2 Å². The van der Waals surface area contributed by atoms with E-state index in [2.05, 4.69) is 12.2 Å². The highest BCUT2D eigenvalue weighted by molar-refractivity contribution is 6.36. The Bertz CT molecular complexity index is 379. The molecule has 4 heteroatoms. The van der Waals surface area contributed by atoms with Crippen LogP contribution in [0.3, 0.4) is 0 Å². The Morgan fingerprint density at radius 3 is 2.69 bits per heavy atom. The van der Waals surface area contributed by atoms with Crippen LogP contribution in [-0.2, 0) is 0 Å². The van der Waals surface area contributed by atoms with Gasteiger partial charge in [-0.05, 0) is 31.5 Å². The lowest BCUT2D eigenvalue weighted by molar-refractivity contribution is 0.0988. The molecule has 16 heavy (non-hydrogen) atoms. The summed E-state index contributed by atoms with van der Waals surface area (Å²) in [5.74, 6) is -0.0121. The SMILES string of the molecule is CCC(C)NCC(=O)c1ccc(Cl)cc1Cl. The highest BCUT2D eigenvalue weighted by Gasteiger charge is 2.11. The molecule has 0 amide bonds. The van der Waals surface area contributed by atoms with Gasteiger partial charge in [0.1, 0.15) is 0 Å². The average molecular weight is 260 g/mol. The molecule has 0 spiro atoms. The van der Waals surface area contributed by atoms with Gasteiger partial charge in [0.15, 0.2) is 5.78 Å². The van der Waals surface area contributed by atoms with E-state index in [0.29, 0.717) is 28.2 Å². The molecular formula is C12H15Cl2NO. The van der Waals surface area contributed by atoms with Crippen molar-refractivity contribution >= 4 is 29.0 Å². The van der Waals surface area contributed by atoms with Gasteiger partial charge >= 0.3 is 0 Å². The van der Waals surface area contributed by atoms with Crippen molar-refractivity contribution < 1.29 is 4.79 Å². The summed E-state index contributed by atoms with van der Waals surface area (Å²) in [6, 6.07) is 5.24. The van der Waals surface area contributed by atoms with E-state index < -0.39 is 0 Å². The van der Waals surface area contributed by atoms with Gasteiger partial charge in [0.05, 0.1) is 11.6 Å². The predicted molar refractivity (Wildman–Crippen MR) is 68.5 cm³/mol. The van der Waals surface area contributed by atoms with Crippen LogP contribution in [0, 0.1) is 0 Å². The molecule has 0 fully saturated rings. The molecule has 1 aromatic carbocycles. The Morgan fingerprint density at radius 1 is 1.44 bits per heavy atom. The van der Waals surface area contributed by atoms with Crippen LogP contribution in [-0.4, -0.2) is 18.4 Å². The largest absolute Gasteiger partial charge is 0.307 e. The van der Waals surface area contributed by atoms with Crippen molar-refractivity contribution in [1.29, 1.82) is 0 Å². The molecule has 0 aromatic heterocycles. The number of halogens is 2. The first-order valence-corrected chi connectivity index (χ1v) is 6.01. The van der Waals surface area contributed by atoms with Crippen molar-refractivity contribution in [2.45, 2.75) is 26.3 Å². The molecule has 0 aliphatic carbocycles. The number of nitrogens with one attached hydrogen (secondary N) is 1. The van der Waals surface area contributed by atoms with E-state index in [0.717, 1.165) is 6.42 Å². The minimum atomic E-state index is -0.0121. The third-order valence-electron chi connectivity index (χ3n) is 2.45. The summed E-state index contributed by atoms with van der Waals surface area (Å²) in [5.41, 5.74) is 0.516. The van der Waals surface area contributed by atoms with Gasteiger partial charge in [-0.1, -0.05) is 30.1 Å². The van der Waals surface area contributed by atoms with Crippen LogP contribution in [0.5, 0.6) is 0 Å². The fourth-order valence-electron chi connectivity index (χ4n) is 1.22. The summed E-state index contributed by atoms with van der Waals surface area (Å²) in [5, 5.41) is 4.08. The molecule has 0 aliphatic rings. The first-order chi connectivity index (χ1) is 7.54. The highest BCUT2D eigenvalue weighted by Crippen LogP contribution is 2.21. The van der Waals surface area contributed by atoms with Crippen molar-refractivity contribution in [2.24, 2.45) is 0 Å². The number of carbonyl (C=O) groups excluding carboxylic acids is 1. The zero-order valence-corrected chi connectivity index (χ0v) is 10.9. The summed E-state index contributed by atoms with van der Waals surface area (Å²) in [6.07, 6.45) is 0.988. The first-order valence-electron chi connectivity index (χ1n) is 5.26. The fourth-order valence-corrected chi connectivity index (χ4v) is 1.74. The van der Waals surface area contributed by atoms with Crippen LogP contribution in [0.25, 0.3) is 0 Å². The van der Waals surface area contributed by atoms with E-state index in [4.69, 9.17) is 23.2 Å². The van der Waals surface area contributed by atoms with Gasteiger partial charge in [-0.25, -0.2) is 0 Å². The van der Waals surface area contributed by atoms with Gasteiger partial charge in [0, 0.05) is 16.6 Å². The van der Waals surface area contributed by atoms with Crippen LogP contribution in [0.4, 0.5) is 0 Å². The first kappa shape index (κ1) is 13.5. The maximum absolute atomic E-state index is 11.8. The third-order valence-corrected chi connectivity index (χ3v) is 3.00. The quantitative estimate of drug-likeness (QED) is 0.820. The normalized spacial score (nSPS) is 12.5. The number of hydrogen-bond donors (Lipinski definition) is 1. The minimum Gasteiger partial charge on any atom is -0.307 e. The Morgan fingerprint density at radius 2 is 2.12 bits per heavy atom. The van der Waals surface area contributed by atoms with Crippen molar-refractivity contribution in [3.63, 3.8) is 0 Å². The second kappa shape index (κ2) is 6.24. The van der Waals surface area contributed by atoms with Gasteiger partial charge in [-0.15, -0.1) is 0 Å². The molecule has 1 rings (SSSR count). The Labute approximate surface area is 106 Å². The zero-order valence-electron chi connectivity index (χ0n) is 9.39. The lowest BCUT2D eigenvalue weighted by Crippen LogP contribution is -2.31. The average Bonchev–Trinajstić information content (AvgIpc) is 2.25. The van der Waals surface area contributed by atoms with Crippen LogP contribution < -0.4 is 5.32 Å². The lowest BCUT2D eigenvalue weighted by atomic mass is 10.1. The Kier molecular flexibility index (Phi) is 5.26. The number of ketones is 1. The van der Waals surface area contributed by atoms with Gasteiger partial charge in [-0.2, -0.15) is 0 Å². The number of carbonyl (C=O) groups is 1. The minimum absolute atomic E-state index is 0.0121. The molecule has 0 heterocycles. The Balaban J connectivity index is 2.66. The van der Waals surface area contributed by atoms with E-state index in [9.17, 15) is 4.79 Å². The molecule has 0 saturated heterocycles. The fraction of sp³-hybridized carbons (Fsp3) is 0.417. The third kappa shape index (κ3) is 3.78. The van der Waals surface area contributed by atoms with Gasteiger partial charge < -0.3 is 5.32 Å². The van der Waals surface area contributed by atoms with E-state index >= 15 is 0 Å². The van der Waals surface area contributed by atoms with E-state index in [-0.39, 0.29) is 5.78 Å².